The van der Waals surface area contributed by atoms with E-state index in [4.69, 9.17) is 19.3 Å². The molecule has 0 saturated heterocycles. The molecule has 4 aromatic carbocycles. The smallest absolute Gasteiger partial charge is 0.253 e. The molecule has 11 nitrogen and oxygen atoms in total. The maximum Gasteiger partial charge on any atom is 0.253 e. The first-order valence-electron chi connectivity index (χ1n) is 15.7. The molecule has 1 atom stereocenters. The lowest BCUT2D eigenvalue weighted by molar-refractivity contribution is -0.130. The van der Waals surface area contributed by atoms with Crippen molar-refractivity contribution in [2.45, 2.75) is 30.7 Å². The van der Waals surface area contributed by atoms with E-state index in [9.17, 15) is 9.59 Å². The fraction of sp³-hybridized carbons (Fsp3) is 0.216. The van der Waals surface area contributed by atoms with Crippen LogP contribution in [0.3, 0.4) is 0 Å². The maximum atomic E-state index is 14.1. The number of benzene rings is 4. The third kappa shape index (κ3) is 7.60. The molecule has 0 radical (unpaired) electrons. The summed E-state index contributed by atoms with van der Waals surface area (Å²) < 4.78 is 18.6. The molecule has 49 heavy (non-hydrogen) atoms. The fourth-order valence-electron chi connectivity index (χ4n) is 5.64. The Balaban J connectivity index is 1.26. The molecule has 1 aromatic heterocycles. The number of thioether (sulfide) groups is 1. The van der Waals surface area contributed by atoms with E-state index in [0.717, 1.165) is 28.2 Å². The summed E-state index contributed by atoms with van der Waals surface area (Å²) in [6, 6.07) is 31.7. The molecule has 0 aliphatic carbocycles. The molecule has 12 heteroatoms. The van der Waals surface area contributed by atoms with Gasteiger partial charge in [0, 0.05) is 17.5 Å². The van der Waals surface area contributed by atoms with Gasteiger partial charge in [-0.05, 0) is 53.6 Å². The van der Waals surface area contributed by atoms with Gasteiger partial charge in [-0.25, -0.2) is 5.01 Å². The predicted molar refractivity (Wildman–Crippen MR) is 187 cm³/mol. The van der Waals surface area contributed by atoms with Crippen LogP contribution < -0.4 is 19.5 Å². The van der Waals surface area contributed by atoms with E-state index in [1.54, 1.807) is 33.5 Å². The number of para-hydroxylation sites is 1. The minimum Gasteiger partial charge on any atom is -0.497 e. The molecule has 2 heterocycles. The number of methoxy groups -OCH3 is 3. The normalized spacial score (nSPS) is 13.9. The Kier molecular flexibility index (Phi) is 10.5. The van der Waals surface area contributed by atoms with E-state index >= 15 is 0 Å². The number of ether oxygens (including phenoxy) is 3. The van der Waals surface area contributed by atoms with E-state index in [-0.39, 0.29) is 24.1 Å². The highest BCUT2D eigenvalue weighted by molar-refractivity contribution is 7.99. The highest BCUT2D eigenvalue weighted by Crippen LogP contribution is 2.42. The largest absolute Gasteiger partial charge is 0.497 e. The third-order valence-corrected chi connectivity index (χ3v) is 9.08. The van der Waals surface area contributed by atoms with Crippen molar-refractivity contribution in [2.75, 3.05) is 27.1 Å². The molecule has 1 N–H and O–H groups in total. The molecule has 0 unspecified atom stereocenters. The quantitative estimate of drug-likeness (QED) is 0.157. The zero-order chi connectivity index (χ0) is 34.2. The number of nitrogens with one attached hydrogen (secondary N) is 1. The van der Waals surface area contributed by atoms with E-state index in [1.165, 1.54) is 16.8 Å². The van der Waals surface area contributed by atoms with Crippen molar-refractivity contribution in [3.8, 4) is 17.2 Å². The Hall–Kier alpha value is -5.62. The maximum absolute atomic E-state index is 14.1. The van der Waals surface area contributed by atoms with E-state index < -0.39 is 6.04 Å². The summed E-state index contributed by atoms with van der Waals surface area (Å²) in [5.74, 6) is 2.05. The second-order valence-corrected chi connectivity index (χ2v) is 12.1. The summed E-state index contributed by atoms with van der Waals surface area (Å²) >= 11 is 1.27. The highest BCUT2D eigenvalue weighted by atomic mass is 32.2. The first kappa shape index (κ1) is 33.3. The topological polar surface area (TPSA) is 120 Å². The average Bonchev–Trinajstić information content (AvgIpc) is 3.77. The van der Waals surface area contributed by atoms with Gasteiger partial charge in [0.25, 0.3) is 11.8 Å². The summed E-state index contributed by atoms with van der Waals surface area (Å²) in [6.45, 7) is 0.634. The van der Waals surface area contributed by atoms with Gasteiger partial charge in [-0.15, -0.1) is 10.2 Å². The van der Waals surface area contributed by atoms with Crippen molar-refractivity contribution >= 4 is 29.3 Å². The van der Waals surface area contributed by atoms with Crippen molar-refractivity contribution in [2.24, 2.45) is 5.10 Å². The zero-order valence-electron chi connectivity index (χ0n) is 27.4. The van der Waals surface area contributed by atoms with Crippen molar-refractivity contribution in [3.63, 3.8) is 0 Å². The number of hydrazone groups is 1. The summed E-state index contributed by atoms with van der Waals surface area (Å²) in [4.78, 5) is 26.9. The number of carbonyl (C=O) groups excluding carboxylic acids is 2. The number of hydrogen-bond donors (Lipinski definition) is 1. The molecule has 0 spiro atoms. The second kappa shape index (κ2) is 15.5. The van der Waals surface area contributed by atoms with Crippen LogP contribution in [0.1, 0.15) is 45.3 Å². The Morgan fingerprint density at radius 3 is 2.27 bits per heavy atom. The van der Waals surface area contributed by atoms with Crippen molar-refractivity contribution < 1.29 is 23.8 Å². The average molecular weight is 677 g/mol. The zero-order valence-corrected chi connectivity index (χ0v) is 28.2. The number of aromatic nitrogens is 3. The number of amides is 2. The van der Waals surface area contributed by atoms with Gasteiger partial charge in [-0.1, -0.05) is 72.4 Å². The number of hydrogen-bond acceptors (Lipinski definition) is 9. The Bertz CT molecular complexity index is 1930. The molecule has 5 aromatic rings. The number of rotatable bonds is 13. The molecule has 250 valence electrons. The second-order valence-electron chi connectivity index (χ2n) is 11.1. The van der Waals surface area contributed by atoms with Crippen LogP contribution in [0.5, 0.6) is 17.2 Å². The molecule has 0 saturated carbocycles. The molecule has 1 aliphatic heterocycles. The molecular weight excluding hydrogens is 641 g/mol. The SMILES string of the molecule is COc1ccc(C2=NN(C(=O)CSc3nnc(CNC(=O)c4ccccc4)n3Cc3ccccc3)[C@@H](c3cccc(OC)c3OC)C2)cc1. The monoisotopic (exact) mass is 676 g/mol. The van der Waals surface area contributed by atoms with Gasteiger partial charge in [0.05, 0.1) is 51.9 Å². The van der Waals surface area contributed by atoms with Crippen LogP contribution in [-0.4, -0.2) is 64.4 Å². The first-order chi connectivity index (χ1) is 24.0. The van der Waals surface area contributed by atoms with Crippen molar-refractivity contribution in [1.29, 1.82) is 0 Å². The van der Waals surface area contributed by atoms with Crippen molar-refractivity contribution in [3.05, 3.63) is 131 Å². The molecule has 0 bridgehead atoms. The van der Waals surface area contributed by atoms with Crippen molar-refractivity contribution in [1.82, 2.24) is 25.1 Å². The van der Waals surface area contributed by atoms with E-state index in [0.29, 0.717) is 41.0 Å². The summed E-state index contributed by atoms with van der Waals surface area (Å²) in [7, 11) is 4.79. The Labute approximate surface area is 288 Å². The lowest BCUT2D eigenvalue weighted by atomic mass is 9.97. The summed E-state index contributed by atoms with van der Waals surface area (Å²) in [5.41, 5.74) is 4.03. The van der Waals surface area contributed by atoms with Gasteiger partial charge in [0.2, 0.25) is 0 Å². The molecule has 1 aliphatic rings. The number of nitrogens with zero attached hydrogens (tertiary/aromatic N) is 5. The standard InChI is InChI=1S/C37H36N6O5S/c1-46-28-19-17-26(18-20-28)30-21-31(29-15-10-16-32(47-2)35(29)48-3)43(41-30)34(44)24-49-37-40-39-33(42(37)23-25-11-6-4-7-12-25)22-38-36(45)27-13-8-5-9-14-27/h4-20,31H,21-24H2,1-3H3,(H,38,45)/t31-/m1/s1. The number of carbonyl (C=O) groups is 2. The third-order valence-electron chi connectivity index (χ3n) is 8.13. The Morgan fingerprint density at radius 2 is 1.57 bits per heavy atom. The van der Waals surface area contributed by atoms with Crippen LogP contribution in [0.4, 0.5) is 0 Å². The van der Waals surface area contributed by atoms with Gasteiger partial charge >= 0.3 is 0 Å². The van der Waals surface area contributed by atoms with Crippen LogP contribution in [-0.2, 0) is 17.9 Å². The van der Waals surface area contributed by atoms with Gasteiger partial charge in [0.15, 0.2) is 22.5 Å². The van der Waals surface area contributed by atoms with Crippen LogP contribution >= 0.6 is 11.8 Å². The van der Waals surface area contributed by atoms with Gasteiger partial charge in [0.1, 0.15) is 5.75 Å². The fourth-order valence-corrected chi connectivity index (χ4v) is 6.45. The molecular formula is C37H36N6O5S. The summed E-state index contributed by atoms with van der Waals surface area (Å²) in [5, 5.41) is 18.7. The lowest BCUT2D eigenvalue weighted by Gasteiger charge is -2.24. The molecule has 2 amide bonds. The van der Waals surface area contributed by atoms with E-state index in [2.05, 4.69) is 15.5 Å². The van der Waals surface area contributed by atoms with E-state index in [1.807, 2.05) is 95.6 Å². The van der Waals surface area contributed by atoms with Gasteiger partial charge in [-0.2, -0.15) is 5.10 Å². The molecule has 0 fully saturated rings. The predicted octanol–water partition coefficient (Wildman–Crippen LogP) is 5.75. The lowest BCUT2D eigenvalue weighted by Crippen LogP contribution is -2.29. The van der Waals surface area contributed by atoms with Crippen LogP contribution in [0.2, 0.25) is 0 Å². The minimum absolute atomic E-state index is 0.0471. The van der Waals surface area contributed by atoms with Crippen LogP contribution in [0.15, 0.2) is 113 Å². The van der Waals surface area contributed by atoms with Crippen LogP contribution in [0.25, 0.3) is 0 Å². The van der Waals surface area contributed by atoms with Crippen LogP contribution in [0, 0.1) is 0 Å². The minimum atomic E-state index is -0.429. The van der Waals surface area contributed by atoms with Gasteiger partial charge in [-0.3, -0.25) is 9.59 Å². The highest BCUT2D eigenvalue weighted by Gasteiger charge is 2.36. The molecule has 6 rings (SSSR count). The first-order valence-corrected chi connectivity index (χ1v) is 16.6. The van der Waals surface area contributed by atoms with Gasteiger partial charge < -0.3 is 24.1 Å². The summed E-state index contributed by atoms with van der Waals surface area (Å²) in [6.07, 6.45) is 0.474. The Morgan fingerprint density at radius 1 is 0.837 bits per heavy atom.